The van der Waals surface area contributed by atoms with E-state index >= 15 is 0 Å². The molecule has 2 aliphatic heterocycles. The van der Waals surface area contributed by atoms with E-state index in [-0.39, 0.29) is 36.4 Å². The second-order valence-electron chi connectivity index (χ2n) is 12.5. The molecular formula is C31H43N3O6. The van der Waals surface area contributed by atoms with Gasteiger partial charge in [0.15, 0.2) is 11.5 Å². The van der Waals surface area contributed by atoms with Gasteiger partial charge in [-0.25, -0.2) is 4.98 Å². The van der Waals surface area contributed by atoms with Crippen molar-refractivity contribution in [3.05, 3.63) is 47.2 Å². The molecule has 1 aromatic carbocycles. The molecule has 2 aromatic rings. The molecule has 0 saturated heterocycles. The van der Waals surface area contributed by atoms with Gasteiger partial charge in [0.05, 0.1) is 12.1 Å². The molecule has 9 nitrogen and oxygen atoms in total. The lowest BCUT2D eigenvalue weighted by Gasteiger charge is -2.47. The number of fused-ring (bicyclic) bond motifs is 2. The van der Waals surface area contributed by atoms with Crippen LogP contribution in [0, 0.1) is 5.41 Å². The first-order valence-electron chi connectivity index (χ1n) is 14.5. The fraction of sp³-hybridized carbons (Fsp3) is 0.613. The van der Waals surface area contributed by atoms with Crippen LogP contribution in [0.2, 0.25) is 0 Å². The fourth-order valence-corrected chi connectivity index (χ4v) is 5.80. The molecule has 40 heavy (non-hydrogen) atoms. The van der Waals surface area contributed by atoms with Gasteiger partial charge in [-0.2, -0.15) is 0 Å². The van der Waals surface area contributed by atoms with Gasteiger partial charge in [0, 0.05) is 37.4 Å². The highest BCUT2D eigenvalue weighted by Gasteiger charge is 2.46. The van der Waals surface area contributed by atoms with E-state index in [9.17, 15) is 9.90 Å². The zero-order valence-electron chi connectivity index (χ0n) is 24.1. The summed E-state index contributed by atoms with van der Waals surface area (Å²) in [4.78, 5) is 17.3. The van der Waals surface area contributed by atoms with Crippen molar-refractivity contribution in [1.82, 2.24) is 15.6 Å². The van der Waals surface area contributed by atoms with Crippen molar-refractivity contribution >= 4 is 5.91 Å². The van der Waals surface area contributed by atoms with Gasteiger partial charge >= 0.3 is 0 Å². The molecule has 0 bridgehead atoms. The van der Waals surface area contributed by atoms with E-state index in [0.29, 0.717) is 37.0 Å². The standard InChI is InChI=1S/C31H43N3O6/c1-5-37-18-28(36)34-23(12-20-7-8-26-27(13-20)39-19-38-26)25(35)17-32-24-15-31(9-6-10-31)40-29-22(24)11-21(16-33-29)14-30(2,3)4/h7-8,11,13,16,23-25,32,35H,5-6,9-10,12,14-15,17-19H2,1-4H3,(H,34,36)/t23?,24-,25+/m0/s1. The molecule has 3 aliphatic rings. The lowest BCUT2D eigenvalue weighted by atomic mass is 9.73. The van der Waals surface area contributed by atoms with Gasteiger partial charge in [0.25, 0.3) is 0 Å². The zero-order chi connectivity index (χ0) is 28.3. The number of rotatable bonds is 11. The average molecular weight is 554 g/mol. The summed E-state index contributed by atoms with van der Waals surface area (Å²) >= 11 is 0. The second kappa shape index (κ2) is 11.9. The van der Waals surface area contributed by atoms with Crippen molar-refractivity contribution in [3.63, 3.8) is 0 Å². The van der Waals surface area contributed by atoms with E-state index in [4.69, 9.17) is 23.9 Å². The molecular weight excluding hydrogens is 510 g/mol. The minimum absolute atomic E-state index is 0.00330. The molecule has 1 fully saturated rings. The second-order valence-corrected chi connectivity index (χ2v) is 12.5. The summed E-state index contributed by atoms with van der Waals surface area (Å²) in [6, 6.07) is 7.38. The summed E-state index contributed by atoms with van der Waals surface area (Å²) in [5.41, 5.74) is 3.10. The summed E-state index contributed by atoms with van der Waals surface area (Å²) in [5.74, 6) is 1.81. The van der Waals surface area contributed by atoms with E-state index in [0.717, 1.165) is 43.2 Å². The maximum Gasteiger partial charge on any atom is 0.246 e. The van der Waals surface area contributed by atoms with Crippen molar-refractivity contribution in [2.75, 3.05) is 26.6 Å². The van der Waals surface area contributed by atoms with Gasteiger partial charge in [-0.3, -0.25) is 4.79 Å². The normalized spacial score (nSPS) is 20.3. The molecule has 0 radical (unpaired) electrons. The van der Waals surface area contributed by atoms with Crippen LogP contribution >= 0.6 is 0 Å². The number of hydrogen-bond acceptors (Lipinski definition) is 8. The number of aliphatic hydroxyl groups excluding tert-OH is 1. The van der Waals surface area contributed by atoms with Gasteiger partial charge in [-0.15, -0.1) is 0 Å². The SMILES string of the molecule is CCOCC(=O)NC(Cc1ccc2c(c1)OCO2)[C@H](O)CN[C@H]1CC2(CCC2)Oc2ncc(CC(C)(C)C)cc21. The number of benzene rings is 1. The number of ether oxygens (including phenoxy) is 4. The first kappa shape index (κ1) is 28.6. The Balaban J connectivity index is 1.31. The largest absolute Gasteiger partial charge is 0.471 e. The smallest absolute Gasteiger partial charge is 0.246 e. The number of nitrogens with one attached hydrogen (secondary N) is 2. The molecule has 5 rings (SSSR count). The van der Waals surface area contributed by atoms with Crippen molar-refractivity contribution in [1.29, 1.82) is 0 Å². The van der Waals surface area contributed by atoms with Crippen LogP contribution in [0.1, 0.15) is 76.1 Å². The van der Waals surface area contributed by atoms with Gasteiger partial charge in [0.2, 0.25) is 18.6 Å². The van der Waals surface area contributed by atoms with Crippen molar-refractivity contribution in [3.8, 4) is 17.4 Å². The maximum absolute atomic E-state index is 12.6. The Kier molecular flexibility index (Phi) is 8.54. The highest BCUT2D eigenvalue weighted by molar-refractivity contribution is 5.77. The molecule has 1 amide bonds. The molecule has 1 saturated carbocycles. The first-order valence-corrected chi connectivity index (χ1v) is 14.5. The Morgan fingerprint density at radius 1 is 1.20 bits per heavy atom. The predicted molar refractivity (Wildman–Crippen MR) is 151 cm³/mol. The summed E-state index contributed by atoms with van der Waals surface area (Å²) in [5, 5.41) is 18.0. The average Bonchev–Trinajstić information content (AvgIpc) is 3.36. The van der Waals surface area contributed by atoms with Crippen LogP contribution < -0.4 is 24.8 Å². The van der Waals surface area contributed by atoms with Gasteiger partial charge in [-0.1, -0.05) is 26.8 Å². The van der Waals surface area contributed by atoms with Crippen LogP contribution in [0.15, 0.2) is 30.5 Å². The van der Waals surface area contributed by atoms with Crippen LogP contribution in [0.25, 0.3) is 0 Å². The quantitative estimate of drug-likeness (QED) is 0.385. The van der Waals surface area contributed by atoms with E-state index in [1.807, 2.05) is 31.3 Å². The zero-order valence-corrected chi connectivity index (χ0v) is 24.1. The van der Waals surface area contributed by atoms with E-state index in [1.54, 1.807) is 0 Å². The van der Waals surface area contributed by atoms with Gasteiger partial charge < -0.3 is 34.7 Å². The highest BCUT2D eigenvalue weighted by atomic mass is 16.7. The molecule has 1 unspecified atom stereocenters. The summed E-state index contributed by atoms with van der Waals surface area (Å²) in [6.07, 6.45) is 6.44. The third kappa shape index (κ3) is 6.87. The Bertz CT molecular complexity index is 1190. The molecule has 9 heteroatoms. The fourth-order valence-electron chi connectivity index (χ4n) is 5.80. The molecule has 1 spiro atoms. The van der Waals surface area contributed by atoms with E-state index in [2.05, 4.69) is 37.5 Å². The Labute approximate surface area is 236 Å². The first-order chi connectivity index (χ1) is 19.1. The van der Waals surface area contributed by atoms with Gasteiger partial charge in [0.1, 0.15) is 12.2 Å². The van der Waals surface area contributed by atoms with E-state index < -0.39 is 12.1 Å². The molecule has 3 atom stereocenters. The lowest BCUT2D eigenvalue weighted by Crippen LogP contribution is -2.52. The minimum Gasteiger partial charge on any atom is -0.471 e. The Morgan fingerprint density at radius 2 is 2.00 bits per heavy atom. The van der Waals surface area contributed by atoms with Crippen LogP contribution in [0.5, 0.6) is 17.4 Å². The molecule has 1 aromatic heterocycles. The topological polar surface area (TPSA) is 111 Å². The molecule has 3 heterocycles. The molecule has 1 aliphatic carbocycles. The third-order valence-electron chi connectivity index (χ3n) is 7.91. The molecule has 3 N–H and O–H groups in total. The molecule has 218 valence electrons. The number of aromatic nitrogens is 1. The van der Waals surface area contributed by atoms with Crippen molar-refractivity contribution < 1.29 is 28.8 Å². The third-order valence-corrected chi connectivity index (χ3v) is 7.91. The monoisotopic (exact) mass is 553 g/mol. The van der Waals surface area contributed by atoms with Crippen molar-refractivity contribution in [2.45, 2.75) is 90.0 Å². The van der Waals surface area contributed by atoms with Crippen LogP contribution in [0.4, 0.5) is 0 Å². The summed E-state index contributed by atoms with van der Waals surface area (Å²) < 4.78 is 22.7. The number of amides is 1. The number of carbonyl (C=O) groups is 1. The summed E-state index contributed by atoms with van der Waals surface area (Å²) in [7, 11) is 0. The Morgan fingerprint density at radius 3 is 2.73 bits per heavy atom. The van der Waals surface area contributed by atoms with Crippen LogP contribution in [-0.4, -0.2) is 60.3 Å². The van der Waals surface area contributed by atoms with E-state index in [1.165, 1.54) is 5.56 Å². The number of pyridine rings is 1. The highest BCUT2D eigenvalue weighted by Crippen LogP contribution is 2.48. The number of aliphatic hydroxyl groups is 1. The predicted octanol–water partition coefficient (Wildman–Crippen LogP) is 3.86. The maximum atomic E-state index is 12.6. The number of hydrogen-bond donors (Lipinski definition) is 3. The van der Waals surface area contributed by atoms with Gasteiger partial charge in [-0.05, 0) is 73.8 Å². The van der Waals surface area contributed by atoms with Crippen LogP contribution in [0.3, 0.4) is 0 Å². The Hall–Kier alpha value is -2.88. The minimum atomic E-state index is -0.842. The number of nitrogens with zero attached hydrogens (tertiary/aromatic N) is 1. The summed E-state index contributed by atoms with van der Waals surface area (Å²) in [6.45, 7) is 9.40. The number of carbonyl (C=O) groups excluding carboxylic acids is 1. The lowest BCUT2D eigenvalue weighted by molar-refractivity contribution is -0.127. The van der Waals surface area contributed by atoms with Crippen molar-refractivity contribution in [2.24, 2.45) is 5.41 Å². The van der Waals surface area contributed by atoms with Crippen LogP contribution in [-0.2, 0) is 22.4 Å².